The number of hydrogen-bond acceptors (Lipinski definition) is 3. The van der Waals surface area contributed by atoms with Crippen LogP contribution in [0.5, 0.6) is 0 Å². The molecule has 1 aromatic carbocycles. The summed E-state index contributed by atoms with van der Waals surface area (Å²) >= 11 is 0. The summed E-state index contributed by atoms with van der Waals surface area (Å²) in [5.74, 6) is 1.03. The van der Waals surface area contributed by atoms with E-state index in [9.17, 15) is 5.11 Å². The number of fused-ring (bicyclic) bond motifs is 1. The molecule has 0 amide bonds. The van der Waals surface area contributed by atoms with Gasteiger partial charge in [0, 0.05) is 24.8 Å². The van der Waals surface area contributed by atoms with Gasteiger partial charge < -0.3 is 10.0 Å². The zero-order chi connectivity index (χ0) is 14.1. The van der Waals surface area contributed by atoms with Crippen molar-refractivity contribution in [2.75, 3.05) is 11.4 Å². The zero-order valence-corrected chi connectivity index (χ0v) is 12.1. The highest BCUT2D eigenvalue weighted by molar-refractivity contribution is 5.67. The molecule has 0 spiro atoms. The fraction of sp³-hybridized carbons (Fsp3) is 0.438. The largest absolute Gasteiger partial charge is 0.391 e. The third-order valence-electron chi connectivity index (χ3n) is 4.09. The number of aromatic nitrogens is 2. The Morgan fingerprint density at radius 1 is 1.25 bits per heavy atom. The Balaban J connectivity index is 2.15. The SMILES string of the molecule is Cc1nn(C)c(N2CCCCc3ccccc32)c1CO. The van der Waals surface area contributed by atoms with E-state index in [0.717, 1.165) is 36.5 Å². The number of anilines is 2. The first-order chi connectivity index (χ1) is 9.72. The van der Waals surface area contributed by atoms with Crippen LogP contribution in [0.3, 0.4) is 0 Å². The van der Waals surface area contributed by atoms with Gasteiger partial charge in [-0.2, -0.15) is 5.10 Å². The Bertz CT molecular complexity index is 618. The third-order valence-corrected chi connectivity index (χ3v) is 4.09. The molecule has 0 radical (unpaired) electrons. The first-order valence-corrected chi connectivity index (χ1v) is 7.21. The van der Waals surface area contributed by atoms with Crippen molar-refractivity contribution in [1.29, 1.82) is 0 Å². The number of nitrogens with zero attached hydrogens (tertiary/aromatic N) is 3. The molecule has 1 aromatic heterocycles. The van der Waals surface area contributed by atoms with Crippen LogP contribution in [0.2, 0.25) is 0 Å². The van der Waals surface area contributed by atoms with E-state index in [2.05, 4.69) is 34.3 Å². The van der Waals surface area contributed by atoms with Crippen LogP contribution in [-0.4, -0.2) is 21.4 Å². The van der Waals surface area contributed by atoms with Crippen LogP contribution in [0.25, 0.3) is 0 Å². The Kier molecular flexibility index (Phi) is 3.49. The Morgan fingerprint density at radius 2 is 2.05 bits per heavy atom. The molecule has 0 atom stereocenters. The second-order valence-electron chi connectivity index (χ2n) is 5.41. The van der Waals surface area contributed by atoms with E-state index in [1.807, 2.05) is 18.7 Å². The maximum Gasteiger partial charge on any atom is 0.136 e. The molecule has 0 aliphatic carbocycles. The number of rotatable bonds is 2. The number of hydrogen-bond donors (Lipinski definition) is 1. The van der Waals surface area contributed by atoms with Crippen molar-refractivity contribution in [3.63, 3.8) is 0 Å². The monoisotopic (exact) mass is 271 g/mol. The summed E-state index contributed by atoms with van der Waals surface area (Å²) in [4.78, 5) is 2.31. The highest BCUT2D eigenvalue weighted by Gasteiger charge is 2.23. The lowest BCUT2D eigenvalue weighted by molar-refractivity contribution is 0.281. The molecule has 1 N–H and O–H groups in total. The van der Waals surface area contributed by atoms with E-state index in [-0.39, 0.29) is 6.61 Å². The minimum atomic E-state index is 0.0354. The fourth-order valence-electron chi connectivity index (χ4n) is 3.12. The molecule has 0 saturated heterocycles. The summed E-state index contributed by atoms with van der Waals surface area (Å²) in [5, 5.41) is 14.2. The second-order valence-corrected chi connectivity index (χ2v) is 5.41. The number of benzene rings is 1. The lowest BCUT2D eigenvalue weighted by Gasteiger charge is -2.26. The molecule has 4 nitrogen and oxygen atoms in total. The standard InChI is InChI=1S/C16H21N3O/c1-12-14(11-20)16(18(2)17-12)19-10-6-5-8-13-7-3-4-9-15(13)19/h3-4,7,9,20H,5-6,8,10-11H2,1-2H3. The fourth-order valence-corrected chi connectivity index (χ4v) is 3.12. The zero-order valence-electron chi connectivity index (χ0n) is 12.1. The summed E-state index contributed by atoms with van der Waals surface area (Å²) in [6, 6.07) is 8.56. The summed E-state index contributed by atoms with van der Waals surface area (Å²) in [6.07, 6.45) is 3.49. The first kappa shape index (κ1) is 13.2. The summed E-state index contributed by atoms with van der Waals surface area (Å²) in [5.41, 5.74) is 4.48. The van der Waals surface area contributed by atoms with Gasteiger partial charge in [-0.05, 0) is 37.8 Å². The molecule has 2 aromatic rings. The van der Waals surface area contributed by atoms with E-state index in [1.54, 1.807) is 0 Å². The third kappa shape index (κ3) is 2.10. The maximum absolute atomic E-state index is 9.68. The number of para-hydroxylation sites is 1. The van der Waals surface area contributed by atoms with E-state index in [1.165, 1.54) is 17.7 Å². The molecule has 106 valence electrons. The van der Waals surface area contributed by atoms with Crippen LogP contribution in [0.15, 0.2) is 24.3 Å². The molecule has 0 saturated carbocycles. The van der Waals surface area contributed by atoms with Crippen LogP contribution in [-0.2, 0) is 20.1 Å². The lowest BCUT2D eigenvalue weighted by Crippen LogP contribution is -2.22. The first-order valence-electron chi connectivity index (χ1n) is 7.21. The van der Waals surface area contributed by atoms with E-state index in [0.29, 0.717) is 0 Å². The lowest BCUT2D eigenvalue weighted by atomic mass is 10.1. The Morgan fingerprint density at radius 3 is 2.85 bits per heavy atom. The summed E-state index contributed by atoms with van der Waals surface area (Å²) in [7, 11) is 1.95. The van der Waals surface area contributed by atoms with Crippen LogP contribution >= 0.6 is 0 Å². The highest BCUT2D eigenvalue weighted by atomic mass is 16.3. The number of aliphatic hydroxyl groups excluding tert-OH is 1. The molecule has 0 unspecified atom stereocenters. The smallest absolute Gasteiger partial charge is 0.136 e. The van der Waals surface area contributed by atoms with Gasteiger partial charge in [-0.1, -0.05) is 18.2 Å². The molecule has 3 rings (SSSR count). The predicted octanol–water partition coefficient (Wildman–Crippen LogP) is 2.70. The van der Waals surface area contributed by atoms with Gasteiger partial charge in [0.15, 0.2) is 0 Å². The molecule has 0 fully saturated rings. The normalized spacial score (nSPS) is 15.1. The quantitative estimate of drug-likeness (QED) is 0.913. The topological polar surface area (TPSA) is 41.3 Å². The van der Waals surface area contributed by atoms with Crippen LogP contribution in [0, 0.1) is 6.92 Å². The van der Waals surface area contributed by atoms with Gasteiger partial charge in [0.05, 0.1) is 12.3 Å². The molecule has 1 aliphatic heterocycles. The van der Waals surface area contributed by atoms with Gasteiger partial charge in [-0.3, -0.25) is 4.68 Å². The van der Waals surface area contributed by atoms with Gasteiger partial charge in [-0.15, -0.1) is 0 Å². The molecule has 1 aliphatic rings. The predicted molar refractivity (Wildman–Crippen MR) is 80.3 cm³/mol. The molecule has 4 heteroatoms. The van der Waals surface area contributed by atoms with Crippen LogP contribution in [0.4, 0.5) is 11.5 Å². The van der Waals surface area contributed by atoms with Crippen LogP contribution < -0.4 is 4.90 Å². The number of aliphatic hydroxyl groups is 1. The average Bonchev–Trinajstić information content (AvgIpc) is 2.63. The Labute approximate surface area is 119 Å². The summed E-state index contributed by atoms with van der Waals surface area (Å²) < 4.78 is 1.89. The number of aryl methyl sites for hydroxylation is 3. The van der Waals surface area contributed by atoms with Crippen molar-refractivity contribution in [3.8, 4) is 0 Å². The van der Waals surface area contributed by atoms with Crippen molar-refractivity contribution in [1.82, 2.24) is 9.78 Å². The van der Waals surface area contributed by atoms with Crippen molar-refractivity contribution in [2.24, 2.45) is 7.05 Å². The van der Waals surface area contributed by atoms with Gasteiger partial charge in [0.1, 0.15) is 5.82 Å². The van der Waals surface area contributed by atoms with Gasteiger partial charge in [0.25, 0.3) is 0 Å². The van der Waals surface area contributed by atoms with Crippen molar-refractivity contribution in [3.05, 3.63) is 41.1 Å². The average molecular weight is 271 g/mol. The molecular weight excluding hydrogens is 250 g/mol. The highest BCUT2D eigenvalue weighted by Crippen LogP contribution is 2.35. The van der Waals surface area contributed by atoms with Crippen molar-refractivity contribution in [2.45, 2.75) is 32.8 Å². The van der Waals surface area contributed by atoms with Gasteiger partial charge in [-0.25, -0.2) is 0 Å². The molecule has 0 bridgehead atoms. The van der Waals surface area contributed by atoms with Gasteiger partial charge >= 0.3 is 0 Å². The molecular formula is C16H21N3O. The van der Waals surface area contributed by atoms with E-state index < -0.39 is 0 Å². The minimum Gasteiger partial charge on any atom is -0.391 e. The second kappa shape index (κ2) is 5.29. The molecule has 2 heterocycles. The van der Waals surface area contributed by atoms with Gasteiger partial charge in [0.2, 0.25) is 0 Å². The Hall–Kier alpha value is -1.81. The maximum atomic E-state index is 9.68. The van der Waals surface area contributed by atoms with E-state index >= 15 is 0 Å². The summed E-state index contributed by atoms with van der Waals surface area (Å²) in [6.45, 7) is 2.97. The van der Waals surface area contributed by atoms with Crippen molar-refractivity contribution >= 4 is 11.5 Å². The van der Waals surface area contributed by atoms with E-state index in [4.69, 9.17) is 0 Å². The minimum absolute atomic E-state index is 0.0354. The van der Waals surface area contributed by atoms with Crippen molar-refractivity contribution < 1.29 is 5.11 Å². The molecule has 20 heavy (non-hydrogen) atoms. The van der Waals surface area contributed by atoms with Crippen LogP contribution in [0.1, 0.15) is 29.7 Å².